The fraction of sp³-hybridized carbons (Fsp3) is 0.833. The summed E-state index contributed by atoms with van der Waals surface area (Å²) in [6.45, 7) is 11.2. The second-order valence-corrected chi connectivity index (χ2v) is 11.3. The zero-order valence-corrected chi connectivity index (χ0v) is 27.6. The van der Waals surface area contributed by atoms with Gasteiger partial charge in [0.1, 0.15) is 12.4 Å². The molecule has 0 spiro atoms. The van der Waals surface area contributed by atoms with Gasteiger partial charge >= 0.3 is 0 Å². The molecule has 0 bridgehead atoms. The predicted octanol–water partition coefficient (Wildman–Crippen LogP) is 8.97. The lowest BCUT2D eigenvalue weighted by Gasteiger charge is -2.09. The molecule has 0 aliphatic heterocycles. The van der Waals surface area contributed by atoms with Crippen LogP contribution in [-0.4, -0.2) is 72.7 Å². The third kappa shape index (κ3) is 27.6. The number of hydrogen-bond acceptors (Lipinski definition) is 6. The van der Waals surface area contributed by atoms with Gasteiger partial charge in [0.2, 0.25) is 0 Å². The summed E-state index contributed by atoms with van der Waals surface area (Å²) < 4.78 is 33.7. The second-order valence-electron chi connectivity index (χ2n) is 11.3. The summed E-state index contributed by atoms with van der Waals surface area (Å²) in [5.74, 6) is 0.902. The first-order chi connectivity index (χ1) is 20.9. The zero-order valence-electron chi connectivity index (χ0n) is 27.6. The van der Waals surface area contributed by atoms with Crippen LogP contribution in [0.25, 0.3) is 0 Å². The summed E-state index contributed by atoms with van der Waals surface area (Å²) in [6, 6.07) is 8.49. The Morgan fingerprint density at radius 1 is 0.357 bits per heavy atom. The lowest BCUT2D eigenvalue weighted by atomic mass is 10.0. The van der Waals surface area contributed by atoms with Crippen LogP contribution in [0, 0.1) is 0 Å². The van der Waals surface area contributed by atoms with Crippen molar-refractivity contribution in [1.29, 1.82) is 0 Å². The highest BCUT2D eigenvalue weighted by molar-refractivity contribution is 5.27. The van der Waals surface area contributed by atoms with E-state index in [1.807, 2.05) is 0 Å². The van der Waals surface area contributed by atoms with Crippen molar-refractivity contribution in [2.45, 2.75) is 123 Å². The van der Waals surface area contributed by atoms with Gasteiger partial charge in [0.25, 0.3) is 0 Å². The molecule has 0 saturated heterocycles. The molecule has 1 rings (SSSR count). The van der Waals surface area contributed by atoms with Crippen LogP contribution in [0.4, 0.5) is 0 Å². The maximum absolute atomic E-state index is 5.78. The third-order valence-corrected chi connectivity index (χ3v) is 7.37. The van der Waals surface area contributed by atoms with Crippen LogP contribution >= 0.6 is 0 Å². The van der Waals surface area contributed by atoms with Gasteiger partial charge in [-0.1, -0.05) is 116 Å². The smallest absolute Gasteiger partial charge is 0.119 e. The van der Waals surface area contributed by atoms with E-state index in [1.54, 1.807) is 0 Å². The third-order valence-electron chi connectivity index (χ3n) is 7.37. The number of rotatable bonds is 34. The lowest BCUT2D eigenvalue weighted by molar-refractivity contribution is -0.0128. The molecule has 0 aromatic heterocycles. The average molecular weight is 595 g/mol. The fourth-order valence-electron chi connectivity index (χ4n) is 4.75. The van der Waals surface area contributed by atoms with E-state index < -0.39 is 0 Å². The molecule has 0 unspecified atom stereocenters. The first-order valence-electron chi connectivity index (χ1n) is 17.5. The van der Waals surface area contributed by atoms with Gasteiger partial charge in [0, 0.05) is 6.61 Å². The molecular weight excluding hydrogens is 528 g/mol. The molecule has 1 aromatic carbocycles. The van der Waals surface area contributed by atoms with Gasteiger partial charge in [-0.15, -0.1) is 0 Å². The van der Waals surface area contributed by atoms with Gasteiger partial charge in [0.05, 0.1) is 59.5 Å². The molecule has 1 aromatic rings. The number of ether oxygens (including phenoxy) is 6. The molecule has 0 aliphatic carbocycles. The molecule has 0 atom stereocenters. The minimum atomic E-state index is 0.546. The van der Waals surface area contributed by atoms with Crippen molar-refractivity contribution >= 4 is 0 Å². The van der Waals surface area contributed by atoms with Crippen LogP contribution in [0.15, 0.2) is 24.3 Å². The SMILES string of the molecule is CCCCCCCCCCCCOCCOCCOCCOCCOCCOc1ccc(CCCCCCCC)cc1. The van der Waals surface area contributed by atoms with Crippen LogP contribution in [-0.2, 0) is 30.1 Å². The van der Waals surface area contributed by atoms with E-state index in [2.05, 4.69) is 38.1 Å². The Morgan fingerprint density at radius 3 is 1.17 bits per heavy atom. The number of unbranched alkanes of at least 4 members (excludes halogenated alkanes) is 14. The van der Waals surface area contributed by atoms with Crippen molar-refractivity contribution in [3.8, 4) is 5.75 Å². The Bertz CT molecular complexity index is 638. The van der Waals surface area contributed by atoms with E-state index in [-0.39, 0.29) is 0 Å². The topological polar surface area (TPSA) is 55.4 Å². The monoisotopic (exact) mass is 594 g/mol. The Labute approximate surface area is 259 Å². The highest BCUT2D eigenvalue weighted by atomic mass is 16.6. The maximum Gasteiger partial charge on any atom is 0.119 e. The minimum Gasteiger partial charge on any atom is -0.491 e. The van der Waals surface area contributed by atoms with E-state index in [9.17, 15) is 0 Å². The molecule has 6 heteroatoms. The van der Waals surface area contributed by atoms with Gasteiger partial charge in [-0.05, 0) is 37.0 Å². The highest BCUT2D eigenvalue weighted by Gasteiger charge is 1.99. The summed E-state index contributed by atoms with van der Waals surface area (Å²) in [4.78, 5) is 0. The van der Waals surface area contributed by atoms with Gasteiger partial charge in [-0.25, -0.2) is 0 Å². The molecule has 0 fully saturated rings. The first-order valence-corrected chi connectivity index (χ1v) is 17.5. The Morgan fingerprint density at radius 2 is 0.714 bits per heavy atom. The van der Waals surface area contributed by atoms with Crippen molar-refractivity contribution in [1.82, 2.24) is 0 Å². The van der Waals surface area contributed by atoms with E-state index in [0.29, 0.717) is 66.1 Å². The van der Waals surface area contributed by atoms with Gasteiger partial charge in [-0.3, -0.25) is 0 Å². The molecule has 6 nitrogen and oxygen atoms in total. The van der Waals surface area contributed by atoms with Crippen LogP contribution in [0.5, 0.6) is 5.75 Å². The van der Waals surface area contributed by atoms with Crippen LogP contribution in [0.1, 0.15) is 122 Å². The molecule has 0 aliphatic rings. The van der Waals surface area contributed by atoms with Crippen molar-refractivity contribution in [3.05, 3.63) is 29.8 Å². The van der Waals surface area contributed by atoms with E-state index >= 15 is 0 Å². The number of hydrogen-bond donors (Lipinski definition) is 0. The second kappa shape index (κ2) is 32.7. The summed E-state index contributed by atoms with van der Waals surface area (Å²) in [7, 11) is 0. The van der Waals surface area contributed by atoms with Crippen molar-refractivity contribution in [3.63, 3.8) is 0 Å². The lowest BCUT2D eigenvalue weighted by Crippen LogP contribution is -2.14. The Hall–Kier alpha value is -1.18. The molecule has 42 heavy (non-hydrogen) atoms. The van der Waals surface area contributed by atoms with Crippen LogP contribution in [0.3, 0.4) is 0 Å². The Kier molecular flexibility index (Phi) is 30.3. The molecular formula is C36H66O6. The fourth-order valence-corrected chi connectivity index (χ4v) is 4.75. The quantitative estimate of drug-likeness (QED) is 0.0743. The zero-order chi connectivity index (χ0) is 30.0. The standard InChI is InChI=1S/C36H66O6/c1-3-5-7-9-11-12-13-14-16-18-24-37-25-26-38-27-28-39-29-30-40-31-32-41-33-34-42-36-22-20-35(21-23-36)19-17-15-10-8-6-4-2/h20-23H,3-19,24-34H2,1-2H3. The summed E-state index contributed by atoms with van der Waals surface area (Å²) in [5.41, 5.74) is 1.39. The molecule has 0 heterocycles. The summed E-state index contributed by atoms with van der Waals surface area (Å²) in [5, 5.41) is 0. The number of benzene rings is 1. The Balaban J connectivity index is 1.73. The highest BCUT2D eigenvalue weighted by Crippen LogP contribution is 2.15. The summed E-state index contributed by atoms with van der Waals surface area (Å²) in [6.07, 6.45) is 22.7. The van der Waals surface area contributed by atoms with Gasteiger partial charge in [-0.2, -0.15) is 0 Å². The van der Waals surface area contributed by atoms with Crippen LogP contribution in [0.2, 0.25) is 0 Å². The molecule has 0 amide bonds. The van der Waals surface area contributed by atoms with Crippen molar-refractivity contribution < 1.29 is 28.4 Å². The predicted molar refractivity (Wildman–Crippen MR) is 175 cm³/mol. The van der Waals surface area contributed by atoms with Crippen molar-refractivity contribution in [2.24, 2.45) is 0 Å². The largest absolute Gasteiger partial charge is 0.491 e. The van der Waals surface area contributed by atoms with E-state index in [0.717, 1.165) is 25.2 Å². The van der Waals surface area contributed by atoms with Crippen LogP contribution < -0.4 is 4.74 Å². The summed E-state index contributed by atoms with van der Waals surface area (Å²) >= 11 is 0. The van der Waals surface area contributed by atoms with Gasteiger partial charge in [0.15, 0.2) is 0 Å². The normalized spacial score (nSPS) is 11.4. The molecule has 0 N–H and O–H groups in total. The first kappa shape index (κ1) is 38.8. The number of aryl methyl sites for hydroxylation is 1. The molecule has 0 saturated carbocycles. The minimum absolute atomic E-state index is 0.546. The van der Waals surface area contributed by atoms with Crippen molar-refractivity contribution in [2.75, 3.05) is 72.7 Å². The van der Waals surface area contributed by atoms with E-state index in [1.165, 1.54) is 102 Å². The van der Waals surface area contributed by atoms with Gasteiger partial charge < -0.3 is 28.4 Å². The molecule has 246 valence electrons. The van der Waals surface area contributed by atoms with E-state index in [4.69, 9.17) is 28.4 Å². The molecule has 0 radical (unpaired) electrons. The average Bonchev–Trinajstić information content (AvgIpc) is 3.01. The maximum atomic E-state index is 5.78.